The molecule has 2 aromatic carbocycles. The van der Waals surface area contributed by atoms with E-state index in [1.807, 2.05) is 24.3 Å². The molecule has 4 heteroatoms. The molecule has 0 bridgehead atoms. The summed E-state index contributed by atoms with van der Waals surface area (Å²) in [6.07, 6.45) is 0. The van der Waals surface area contributed by atoms with Crippen molar-refractivity contribution in [2.75, 3.05) is 0 Å². The van der Waals surface area contributed by atoms with Crippen molar-refractivity contribution < 1.29 is 4.42 Å². The molecule has 1 atom stereocenters. The molecule has 0 aliphatic heterocycles. The molecule has 1 heterocycles. The first-order valence-electron chi connectivity index (χ1n) is 7.03. The van der Waals surface area contributed by atoms with Gasteiger partial charge in [-0.25, -0.2) is 4.79 Å². The zero-order valence-corrected chi connectivity index (χ0v) is 12.1. The van der Waals surface area contributed by atoms with Gasteiger partial charge in [0.05, 0.1) is 11.6 Å². The Bertz CT molecular complexity index is 813. The second-order valence-corrected chi connectivity index (χ2v) is 5.54. The van der Waals surface area contributed by atoms with Crippen LogP contribution in [0, 0.1) is 0 Å². The number of aromatic nitrogens is 1. The van der Waals surface area contributed by atoms with E-state index in [1.165, 1.54) is 5.56 Å². The molecule has 0 amide bonds. The lowest BCUT2D eigenvalue weighted by molar-refractivity contribution is 0.550. The van der Waals surface area contributed by atoms with Crippen LogP contribution in [-0.2, 0) is 0 Å². The van der Waals surface area contributed by atoms with Crippen LogP contribution in [0.5, 0.6) is 0 Å². The summed E-state index contributed by atoms with van der Waals surface area (Å²) in [6.45, 7) is 4.31. The summed E-state index contributed by atoms with van der Waals surface area (Å²) >= 11 is 0. The van der Waals surface area contributed by atoms with Crippen LogP contribution >= 0.6 is 0 Å². The normalized spacial score (nSPS) is 13.0. The third kappa shape index (κ3) is 2.50. The lowest BCUT2D eigenvalue weighted by Crippen LogP contribution is -2.12. The zero-order valence-electron chi connectivity index (χ0n) is 12.1. The van der Waals surface area contributed by atoms with E-state index in [4.69, 9.17) is 10.2 Å². The van der Waals surface area contributed by atoms with Crippen molar-refractivity contribution >= 4 is 11.1 Å². The lowest BCUT2D eigenvalue weighted by atomic mass is 9.95. The number of hydrogen-bond acceptors (Lipinski definition) is 3. The van der Waals surface area contributed by atoms with Crippen LogP contribution in [-0.4, -0.2) is 4.98 Å². The third-order valence-electron chi connectivity index (χ3n) is 3.77. The van der Waals surface area contributed by atoms with Gasteiger partial charge in [-0.05, 0) is 23.1 Å². The molecule has 0 saturated carbocycles. The van der Waals surface area contributed by atoms with Crippen LogP contribution < -0.4 is 11.5 Å². The van der Waals surface area contributed by atoms with Crippen molar-refractivity contribution in [1.29, 1.82) is 0 Å². The molecular formula is C17H18N2O2. The minimum Gasteiger partial charge on any atom is -0.407 e. The minimum atomic E-state index is -0.459. The number of oxazole rings is 1. The summed E-state index contributed by atoms with van der Waals surface area (Å²) in [5.41, 5.74) is 10.6. The Morgan fingerprint density at radius 2 is 1.71 bits per heavy atom. The number of para-hydroxylation sites is 1. The van der Waals surface area contributed by atoms with E-state index in [9.17, 15) is 4.79 Å². The van der Waals surface area contributed by atoms with Gasteiger partial charge >= 0.3 is 5.76 Å². The second-order valence-electron chi connectivity index (χ2n) is 5.54. The Morgan fingerprint density at radius 1 is 1.05 bits per heavy atom. The summed E-state index contributed by atoms with van der Waals surface area (Å²) in [4.78, 5) is 14.0. The highest BCUT2D eigenvalue weighted by Crippen LogP contribution is 2.27. The van der Waals surface area contributed by atoms with Crippen molar-refractivity contribution in [3.8, 4) is 0 Å². The van der Waals surface area contributed by atoms with Crippen LogP contribution in [0.1, 0.15) is 42.5 Å². The van der Waals surface area contributed by atoms with E-state index >= 15 is 0 Å². The molecule has 0 fully saturated rings. The van der Waals surface area contributed by atoms with Gasteiger partial charge in [-0.1, -0.05) is 50.2 Å². The number of rotatable bonds is 3. The van der Waals surface area contributed by atoms with E-state index in [0.29, 0.717) is 17.0 Å². The van der Waals surface area contributed by atoms with Crippen LogP contribution in [0.2, 0.25) is 0 Å². The number of fused-ring (bicyclic) bond motifs is 1. The maximum atomic E-state index is 11.4. The zero-order chi connectivity index (χ0) is 15.0. The number of nitrogens with two attached hydrogens (primary N) is 1. The molecule has 0 aliphatic carbocycles. The molecule has 21 heavy (non-hydrogen) atoms. The fourth-order valence-corrected chi connectivity index (χ4v) is 2.51. The van der Waals surface area contributed by atoms with Gasteiger partial charge in [0.15, 0.2) is 5.58 Å². The predicted octanol–water partition coefficient (Wildman–Crippen LogP) is 3.29. The van der Waals surface area contributed by atoms with Gasteiger partial charge in [-0.15, -0.1) is 0 Å². The minimum absolute atomic E-state index is 0.325. The summed E-state index contributed by atoms with van der Waals surface area (Å²) in [6, 6.07) is 13.5. The van der Waals surface area contributed by atoms with E-state index in [2.05, 4.69) is 31.0 Å². The Hall–Kier alpha value is -2.33. The molecular weight excluding hydrogens is 264 g/mol. The van der Waals surface area contributed by atoms with Gasteiger partial charge in [-0.3, -0.25) is 4.98 Å². The van der Waals surface area contributed by atoms with Crippen molar-refractivity contribution in [2.45, 2.75) is 25.8 Å². The lowest BCUT2D eigenvalue weighted by Gasteiger charge is -2.14. The average Bonchev–Trinajstić information content (AvgIpc) is 2.86. The molecule has 1 unspecified atom stereocenters. The number of hydrogen-bond donors (Lipinski definition) is 2. The molecule has 3 N–H and O–H groups in total. The standard InChI is InChI=1S/C17H18N2O2/c1-10(2)11-6-8-12(9-7-11)15(18)13-4-3-5-14-16(13)21-17(20)19-14/h3-10,15H,18H2,1-2H3,(H,19,20). The molecule has 0 aliphatic rings. The highest BCUT2D eigenvalue weighted by molar-refractivity contribution is 5.77. The van der Waals surface area contributed by atoms with Crippen LogP contribution in [0.4, 0.5) is 0 Å². The molecule has 1 aromatic heterocycles. The van der Waals surface area contributed by atoms with E-state index in [0.717, 1.165) is 11.1 Å². The highest BCUT2D eigenvalue weighted by Gasteiger charge is 2.15. The number of aromatic amines is 1. The van der Waals surface area contributed by atoms with Crippen LogP contribution in [0.15, 0.2) is 51.7 Å². The Kier molecular flexibility index (Phi) is 3.39. The summed E-state index contributed by atoms with van der Waals surface area (Å²) in [7, 11) is 0. The van der Waals surface area contributed by atoms with Gasteiger partial charge in [0.2, 0.25) is 0 Å². The van der Waals surface area contributed by atoms with Gasteiger partial charge in [0.25, 0.3) is 0 Å². The molecule has 4 nitrogen and oxygen atoms in total. The van der Waals surface area contributed by atoms with Gasteiger partial charge in [0.1, 0.15) is 0 Å². The van der Waals surface area contributed by atoms with Crippen molar-refractivity contribution in [3.63, 3.8) is 0 Å². The molecule has 0 saturated heterocycles. The summed E-state index contributed by atoms with van der Waals surface area (Å²) in [5, 5.41) is 0. The summed E-state index contributed by atoms with van der Waals surface area (Å²) < 4.78 is 5.21. The third-order valence-corrected chi connectivity index (χ3v) is 3.77. The Balaban J connectivity index is 2.03. The second kappa shape index (κ2) is 5.22. The fraction of sp³-hybridized carbons (Fsp3) is 0.235. The largest absolute Gasteiger partial charge is 0.417 e. The van der Waals surface area contributed by atoms with Gasteiger partial charge in [-0.2, -0.15) is 0 Å². The molecule has 0 radical (unpaired) electrons. The van der Waals surface area contributed by atoms with Crippen molar-refractivity contribution in [3.05, 3.63) is 69.7 Å². The van der Waals surface area contributed by atoms with Crippen LogP contribution in [0.3, 0.4) is 0 Å². The first kappa shape index (κ1) is 13.6. The summed E-state index contributed by atoms with van der Waals surface area (Å²) in [5.74, 6) is 0.0289. The molecule has 0 spiro atoms. The molecule has 3 rings (SSSR count). The molecule has 108 valence electrons. The van der Waals surface area contributed by atoms with Crippen molar-refractivity contribution in [2.24, 2.45) is 5.73 Å². The Labute approximate surface area is 122 Å². The van der Waals surface area contributed by atoms with Gasteiger partial charge < -0.3 is 10.2 Å². The van der Waals surface area contributed by atoms with E-state index in [1.54, 1.807) is 6.07 Å². The van der Waals surface area contributed by atoms with Crippen LogP contribution in [0.25, 0.3) is 11.1 Å². The topological polar surface area (TPSA) is 72.0 Å². The molecule has 3 aromatic rings. The maximum absolute atomic E-state index is 11.4. The number of nitrogens with one attached hydrogen (secondary N) is 1. The average molecular weight is 282 g/mol. The van der Waals surface area contributed by atoms with Crippen molar-refractivity contribution in [1.82, 2.24) is 4.98 Å². The van der Waals surface area contributed by atoms with E-state index in [-0.39, 0.29) is 6.04 Å². The van der Waals surface area contributed by atoms with E-state index < -0.39 is 5.76 Å². The maximum Gasteiger partial charge on any atom is 0.417 e. The number of benzene rings is 2. The first-order valence-corrected chi connectivity index (χ1v) is 7.03. The predicted molar refractivity (Wildman–Crippen MR) is 83.4 cm³/mol. The number of H-pyrrole nitrogens is 1. The smallest absolute Gasteiger partial charge is 0.407 e. The SMILES string of the molecule is CC(C)c1ccc(C(N)c2cccc3[nH]c(=O)oc23)cc1. The Morgan fingerprint density at radius 3 is 2.38 bits per heavy atom. The van der Waals surface area contributed by atoms with Gasteiger partial charge in [0, 0.05) is 5.56 Å². The first-order chi connectivity index (χ1) is 10.1. The quantitative estimate of drug-likeness (QED) is 0.774. The fourth-order valence-electron chi connectivity index (χ4n) is 2.51. The highest BCUT2D eigenvalue weighted by atomic mass is 16.4. The monoisotopic (exact) mass is 282 g/mol.